The molecule has 120 valence electrons. The molecule has 0 aromatic heterocycles. The fourth-order valence-corrected chi connectivity index (χ4v) is 4.63. The summed E-state index contributed by atoms with van der Waals surface area (Å²) in [6.07, 6.45) is 5.58. The summed E-state index contributed by atoms with van der Waals surface area (Å²) in [6.45, 7) is -0.0398. The number of benzene rings is 1. The van der Waals surface area contributed by atoms with Crippen molar-refractivity contribution in [1.29, 1.82) is 0 Å². The topological polar surface area (TPSA) is 75.6 Å². The number of rotatable bonds is 5. The summed E-state index contributed by atoms with van der Waals surface area (Å²) in [7, 11) is 0. The molecule has 2 heterocycles. The van der Waals surface area contributed by atoms with Crippen molar-refractivity contribution in [3.8, 4) is 0 Å². The van der Waals surface area contributed by atoms with Gasteiger partial charge in [0.1, 0.15) is 0 Å². The summed E-state index contributed by atoms with van der Waals surface area (Å²) in [5.41, 5.74) is 1.63. The molecule has 0 radical (unpaired) electrons. The number of hydrogen-bond donors (Lipinski definition) is 2. The number of ether oxygens (including phenoxy) is 1. The van der Waals surface area contributed by atoms with E-state index in [1.165, 1.54) is 12.1 Å². The molecule has 2 aliphatic rings. The number of amides is 1. The number of aliphatic carboxylic acids is 1. The van der Waals surface area contributed by atoms with E-state index in [0.29, 0.717) is 16.8 Å². The van der Waals surface area contributed by atoms with Crippen molar-refractivity contribution >= 4 is 38.1 Å². The predicted octanol–water partition coefficient (Wildman–Crippen LogP) is 1.21. The van der Waals surface area contributed by atoms with Crippen molar-refractivity contribution in [2.24, 2.45) is 0 Å². The van der Waals surface area contributed by atoms with E-state index in [0.717, 1.165) is 8.94 Å². The van der Waals surface area contributed by atoms with Crippen LogP contribution in [0.1, 0.15) is 5.56 Å². The summed E-state index contributed by atoms with van der Waals surface area (Å²) in [5, 5.41) is 11.3. The summed E-state index contributed by atoms with van der Waals surface area (Å²) in [5.74, 6) is -1.63. The van der Waals surface area contributed by atoms with Gasteiger partial charge in [-0.25, -0.2) is 0 Å². The van der Waals surface area contributed by atoms with Gasteiger partial charge in [-0.2, -0.15) is 0 Å². The first-order valence-corrected chi connectivity index (χ1v) is 8.93. The Morgan fingerprint density at radius 1 is 1.39 bits per heavy atom. The number of nitrogens with one attached hydrogen (secondary N) is 1. The molecule has 5 nitrogen and oxygen atoms in total. The molecule has 0 saturated carbocycles. The molecule has 0 atom stereocenters. The SMILES string of the molecule is O=C(O)COCC1=CC=C(/C=C2\C(=O)Nc3ccc(F)cc32)[SeH2]1. The summed E-state index contributed by atoms with van der Waals surface area (Å²) in [4.78, 5) is 22.5. The predicted molar refractivity (Wildman–Crippen MR) is 86.2 cm³/mol. The fraction of sp³-hybridized carbons (Fsp3) is 0.125. The van der Waals surface area contributed by atoms with Crippen LogP contribution in [0.3, 0.4) is 0 Å². The van der Waals surface area contributed by atoms with Gasteiger partial charge in [-0.05, 0) is 0 Å². The van der Waals surface area contributed by atoms with Gasteiger partial charge >= 0.3 is 137 Å². The molecule has 0 unspecified atom stereocenters. The molecule has 0 fully saturated rings. The Balaban J connectivity index is 1.69. The second-order valence-corrected chi connectivity index (χ2v) is 8.11. The second-order valence-electron chi connectivity index (χ2n) is 5.03. The molecule has 0 aliphatic carbocycles. The molecular formula is C16H14FNO4Se. The van der Waals surface area contributed by atoms with Gasteiger partial charge in [-0.15, -0.1) is 0 Å². The summed E-state index contributed by atoms with van der Waals surface area (Å²) >= 11 is -0.650. The Bertz CT molecular complexity index is 782. The van der Waals surface area contributed by atoms with Gasteiger partial charge in [0.05, 0.1) is 0 Å². The van der Waals surface area contributed by atoms with E-state index in [2.05, 4.69) is 5.32 Å². The van der Waals surface area contributed by atoms with Gasteiger partial charge in [0, 0.05) is 0 Å². The van der Waals surface area contributed by atoms with Crippen molar-refractivity contribution in [1.82, 2.24) is 0 Å². The minimum atomic E-state index is -1.000. The number of carboxylic acid groups (broad SMARTS) is 1. The van der Waals surface area contributed by atoms with Crippen molar-refractivity contribution in [3.05, 3.63) is 56.8 Å². The van der Waals surface area contributed by atoms with E-state index in [4.69, 9.17) is 9.84 Å². The van der Waals surface area contributed by atoms with Crippen molar-refractivity contribution in [2.75, 3.05) is 18.5 Å². The van der Waals surface area contributed by atoms with Gasteiger partial charge in [0.2, 0.25) is 0 Å². The fourth-order valence-electron chi connectivity index (χ4n) is 2.33. The number of carboxylic acids is 1. The van der Waals surface area contributed by atoms with Gasteiger partial charge in [0.25, 0.3) is 0 Å². The van der Waals surface area contributed by atoms with Crippen LogP contribution < -0.4 is 5.32 Å². The quantitative estimate of drug-likeness (QED) is 0.593. The van der Waals surface area contributed by atoms with E-state index in [1.54, 1.807) is 12.1 Å². The van der Waals surface area contributed by atoms with E-state index < -0.39 is 20.9 Å². The van der Waals surface area contributed by atoms with Gasteiger partial charge in [-0.3, -0.25) is 0 Å². The van der Waals surface area contributed by atoms with Gasteiger partial charge < -0.3 is 0 Å². The number of carbonyl (C=O) groups excluding carboxylic acids is 1. The number of halogens is 1. The average Bonchev–Trinajstić information content (AvgIpc) is 3.05. The van der Waals surface area contributed by atoms with Crippen LogP contribution in [0.5, 0.6) is 0 Å². The Hall–Kier alpha value is -2.21. The van der Waals surface area contributed by atoms with E-state index in [9.17, 15) is 14.0 Å². The number of hydrogen-bond acceptors (Lipinski definition) is 3. The third-order valence-corrected chi connectivity index (χ3v) is 5.90. The van der Waals surface area contributed by atoms with Crippen molar-refractivity contribution in [2.45, 2.75) is 0 Å². The van der Waals surface area contributed by atoms with Crippen LogP contribution in [0.25, 0.3) is 5.57 Å². The van der Waals surface area contributed by atoms with Crippen LogP contribution in [0.2, 0.25) is 0 Å². The van der Waals surface area contributed by atoms with Crippen LogP contribution in [-0.4, -0.2) is 45.2 Å². The Labute approximate surface area is 137 Å². The van der Waals surface area contributed by atoms with Crippen LogP contribution in [0.4, 0.5) is 10.1 Å². The molecule has 3 rings (SSSR count). The molecule has 0 saturated heterocycles. The average molecular weight is 382 g/mol. The van der Waals surface area contributed by atoms with Crippen LogP contribution >= 0.6 is 0 Å². The Kier molecular flexibility index (Phi) is 4.43. The molecule has 7 heteroatoms. The first kappa shape index (κ1) is 15.7. The van der Waals surface area contributed by atoms with Crippen molar-refractivity contribution in [3.63, 3.8) is 0 Å². The maximum absolute atomic E-state index is 13.4. The third kappa shape index (κ3) is 3.59. The summed E-state index contributed by atoms with van der Waals surface area (Å²) in [6, 6.07) is 4.20. The van der Waals surface area contributed by atoms with E-state index in [1.807, 2.05) is 12.2 Å². The van der Waals surface area contributed by atoms with E-state index >= 15 is 0 Å². The van der Waals surface area contributed by atoms with Crippen molar-refractivity contribution < 1.29 is 23.8 Å². The third-order valence-electron chi connectivity index (χ3n) is 3.32. The Morgan fingerprint density at radius 2 is 2.22 bits per heavy atom. The number of fused-ring (bicyclic) bond motifs is 1. The molecule has 0 bridgehead atoms. The molecule has 2 N–H and O–H groups in total. The zero-order chi connectivity index (χ0) is 16.4. The van der Waals surface area contributed by atoms with Gasteiger partial charge in [0.15, 0.2) is 0 Å². The van der Waals surface area contributed by atoms with E-state index in [-0.39, 0.29) is 24.9 Å². The first-order chi connectivity index (χ1) is 11.0. The maximum atomic E-state index is 13.4. The monoisotopic (exact) mass is 383 g/mol. The molecule has 1 aromatic carbocycles. The van der Waals surface area contributed by atoms with Crippen LogP contribution in [0, 0.1) is 5.82 Å². The number of carbonyl (C=O) groups is 2. The normalized spacial score (nSPS) is 19.5. The van der Waals surface area contributed by atoms with Crippen LogP contribution in [0.15, 0.2) is 45.4 Å². The molecule has 1 amide bonds. The van der Waals surface area contributed by atoms with Gasteiger partial charge in [-0.1, -0.05) is 0 Å². The molecule has 2 aliphatic heterocycles. The molecule has 23 heavy (non-hydrogen) atoms. The number of allylic oxidation sites excluding steroid dienone is 4. The summed E-state index contributed by atoms with van der Waals surface area (Å²) < 4.78 is 20.5. The second kappa shape index (κ2) is 6.50. The minimum absolute atomic E-state index is 0.242. The van der Waals surface area contributed by atoms with Crippen LogP contribution in [-0.2, 0) is 14.3 Å². The molecule has 0 spiro atoms. The zero-order valence-electron chi connectivity index (χ0n) is 11.9. The standard InChI is InChI=1S/C16H14FNO4Se/c17-9-1-4-14-12(5-9)13(16(21)18-14)6-10-2-3-11(23-10)7-22-8-15(19)20/h1-6H,7-8,23H2,(H,18,21)(H,19,20)/b13-6-. The number of anilines is 1. The first-order valence-electron chi connectivity index (χ1n) is 6.83. The molecular weight excluding hydrogens is 368 g/mol. The Morgan fingerprint density at radius 3 is 3.00 bits per heavy atom. The molecule has 1 aromatic rings. The zero-order valence-corrected chi connectivity index (χ0v) is 14.0.